The summed E-state index contributed by atoms with van der Waals surface area (Å²) in [6, 6.07) is 15.1. The third-order valence-electron chi connectivity index (χ3n) is 9.15. The molecule has 4 aromatic rings. The van der Waals surface area contributed by atoms with E-state index < -0.39 is 57.0 Å². The van der Waals surface area contributed by atoms with Gasteiger partial charge in [-0.1, -0.05) is 66.8 Å². The second kappa shape index (κ2) is 25.0. The maximum absolute atomic E-state index is 12.7. The summed E-state index contributed by atoms with van der Waals surface area (Å²) in [5, 5.41) is 10.8. The number of aryl methyl sites for hydroxylation is 2. The Morgan fingerprint density at radius 3 is 2.15 bits per heavy atom. The minimum Gasteiger partial charge on any atom is -0.467 e. The first kappa shape index (κ1) is 54.2. The van der Waals surface area contributed by atoms with Crippen molar-refractivity contribution >= 4 is 81.5 Å². The summed E-state index contributed by atoms with van der Waals surface area (Å²) in [5.74, 6) is -2.19. The smallest absolute Gasteiger partial charge is 0.416 e. The van der Waals surface area contributed by atoms with Crippen LogP contribution in [0.3, 0.4) is 0 Å². The van der Waals surface area contributed by atoms with E-state index in [0.29, 0.717) is 18.4 Å². The quantitative estimate of drug-likeness (QED) is 0.0363. The van der Waals surface area contributed by atoms with E-state index in [-0.39, 0.29) is 53.7 Å². The van der Waals surface area contributed by atoms with Gasteiger partial charge < -0.3 is 33.0 Å². The highest BCUT2D eigenvalue weighted by atomic mass is 35.5. The van der Waals surface area contributed by atoms with Crippen molar-refractivity contribution in [2.75, 3.05) is 44.4 Å². The number of anilines is 1. The summed E-state index contributed by atoms with van der Waals surface area (Å²) in [6.07, 6.45) is -1.57. The number of benzene rings is 3. The van der Waals surface area contributed by atoms with Crippen LogP contribution in [0.4, 0.5) is 24.5 Å². The maximum Gasteiger partial charge on any atom is 0.416 e. The molecule has 0 aliphatic carbocycles. The van der Waals surface area contributed by atoms with Crippen molar-refractivity contribution in [3.05, 3.63) is 116 Å². The van der Waals surface area contributed by atoms with Crippen LogP contribution in [0, 0.1) is 10.1 Å². The first-order valence-electron chi connectivity index (χ1n) is 19.6. The molecular formula is C43H46Cl4F3N3O12. The SMILES string of the molecule is CC1(C)OC(c2ccco2)CN1C(=O)C(Cl)Cl.CCOC(=O)COC(=O)c1cc(Oc2ccc(C(F)(F)F)cc2Cl)ccc1[N+](=O)[O-].CCc1cccc(CC)c1N(COC)C(=O)CCl. The Balaban J connectivity index is 0.000000275. The predicted molar refractivity (Wildman–Crippen MR) is 236 cm³/mol. The molecular weight excluding hydrogens is 949 g/mol. The zero-order valence-corrected chi connectivity index (χ0v) is 38.9. The van der Waals surface area contributed by atoms with Crippen molar-refractivity contribution in [2.24, 2.45) is 0 Å². The van der Waals surface area contributed by atoms with Crippen LogP contribution in [0.15, 0.2) is 77.4 Å². The highest BCUT2D eigenvalue weighted by Crippen LogP contribution is 2.38. The van der Waals surface area contributed by atoms with Gasteiger partial charge in [0.2, 0.25) is 5.91 Å². The predicted octanol–water partition coefficient (Wildman–Crippen LogP) is 10.5. The molecule has 0 spiro atoms. The summed E-state index contributed by atoms with van der Waals surface area (Å²) in [6.45, 7) is 9.19. The van der Waals surface area contributed by atoms with E-state index in [4.69, 9.17) is 69.8 Å². The van der Waals surface area contributed by atoms with Crippen molar-refractivity contribution in [3.63, 3.8) is 0 Å². The van der Waals surface area contributed by atoms with Crippen LogP contribution in [-0.2, 0) is 52.3 Å². The van der Waals surface area contributed by atoms with Gasteiger partial charge in [-0.3, -0.25) is 24.6 Å². The Morgan fingerprint density at radius 2 is 1.65 bits per heavy atom. The fourth-order valence-electron chi connectivity index (χ4n) is 6.15. The first-order chi connectivity index (χ1) is 30.6. The molecule has 22 heteroatoms. The fraction of sp³-hybridized carbons (Fsp3) is 0.395. The number of furan rings is 1. The summed E-state index contributed by atoms with van der Waals surface area (Å²) in [7, 11) is 1.58. The number of ether oxygens (including phenoxy) is 5. The lowest BCUT2D eigenvalue weighted by Crippen LogP contribution is -2.45. The monoisotopic (exact) mass is 993 g/mol. The van der Waals surface area contributed by atoms with E-state index in [1.54, 1.807) is 38.2 Å². The lowest BCUT2D eigenvalue weighted by Gasteiger charge is -2.29. The molecule has 3 aromatic carbocycles. The van der Waals surface area contributed by atoms with Gasteiger partial charge in [0.05, 0.1) is 40.6 Å². The number of esters is 2. The molecule has 1 aliphatic rings. The third kappa shape index (κ3) is 15.2. The minimum atomic E-state index is -4.61. The zero-order chi connectivity index (χ0) is 48.6. The number of rotatable bonds is 15. The van der Waals surface area contributed by atoms with Crippen LogP contribution in [0.5, 0.6) is 11.5 Å². The molecule has 2 amide bonds. The highest BCUT2D eigenvalue weighted by molar-refractivity contribution is 6.53. The molecule has 354 valence electrons. The number of carbonyl (C=O) groups is 4. The number of amides is 2. The summed E-state index contributed by atoms with van der Waals surface area (Å²) in [5.41, 5.74) is 0.340. The molecule has 0 radical (unpaired) electrons. The van der Waals surface area contributed by atoms with E-state index in [1.807, 2.05) is 24.3 Å². The van der Waals surface area contributed by atoms with Crippen LogP contribution in [0.2, 0.25) is 5.02 Å². The topological polar surface area (TPSA) is 177 Å². The molecule has 1 aromatic heterocycles. The van der Waals surface area contributed by atoms with Crippen LogP contribution >= 0.6 is 46.4 Å². The number of hydrogen-bond donors (Lipinski definition) is 0. The van der Waals surface area contributed by atoms with Gasteiger partial charge in [-0.05, 0) is 81.1 Å². The molecule has 1 saturated heterocycles. The maximum atomic E-state index is 12.7. The molecule has 5 rings (SSSR count). The van der Waals surface area contributed by atoms with Gasteiger partial charge in [-0.25, -0.2) is 9.59 Å². The number of carbonyl (C=O) groups excluding carboxylic acids is 4. The van der Waals surface area contributed by atoms with Gasteiger partial charge in [0.25, 0.3) is 11.6 Å². The van der Waals surface area contributed by atoms with Crippen molar-refractivity contribution in [2.45, 2.75) is 70.3 Å². The lowest BCUT2D eigenvalue weighted by molar-refractivity contribution is -0.385. The molecule has 1 unspecified atom stereocenters. The van der Waals surface area contributed by atoms with Crippen molar-refractivity contribution < 1.29 is 65.4 Å². The second-order valence-electron chi connectivity index (χ2n) is 13.9. The number of nitro benzene ring substituents is 1. The molecule has 1 fully saturated rings. The van der Waals surface area contributed by atoms with Gasteiger partial charge in [0, 0.05) is 19.2 Å². The lowest BCUT2D eigenvalue weighted by atomic mass is 10.0. The van der Waals surface area contributed by atoms with Gasteiger partial charge in [-0.2, -0.15) is 13.2 Å². The average molecular weight is 996 g/mol. The number of methoxy groups -OCH3 is 1. The number of alkyl halides is 6. The third-order valence-corrected chi connectivity index (χ3v) is 10.0. The average Bonchev–Trinajstić information content (AvgIpc) is 3.92. The van der Waals surface area contributed by atoms with Gasteiger partial charge in [0.15, 0.2) is 11.4 Å². The molecule has 0 N–H and O–H groups in total. The Kier molecular flexibility index (Phi) is 20.8. The van der Waals surface area contributed by atoms with Crippen LogP contribution in [-0.4, -0.2) is 83.6 Å². The highest BCUT2D eigenvalue weighted by Gasteiger charge is 2.45. The standard InChI is InChI=1S/C18H13ClF3NO7.C14H20ClNO2.C11H13Cl2NO3/c1-2-28-16(24)9-29-17(25)12-8-11(4-5-14(12)23(26)27)30-15-6-3-10(7-13(15)19)18(20,21)22;1-4-11-7-6-8-12(5-2)14(11)16(10-18-3)13(17)9-15;1-11(2)14(10(15)9(12)13)6-8(17-11)7-4-3-5-16-7/h3-8H,2,9H2,1H3;6-8H,4-5,9-10H2,1-3H3;3-5,8-9H,6H2,1-2H3. The number of nitrogens with zero attached hydrogens (tertiary/aromatic N) is 3. The Labute approximate surface area is 392 Å². The van der Waals surface area contributed by atoms with E-state index in [0.717, 1.165) is 60.0 Å². The minimum absolute atomic E-state index is 0.0371. The van der Waals surface area contributed by atoms with Crippen LogP contribution < -0.4 is 9.64 Å². The summed E-state index contributed by atoms with van der Waals surface area (Å²) < 4.78 is 68.9. The van der Waals surface area contributed by atoms with Gasteiger partial charge >= 0.3 is 18.1 Å². The molecule has 2 heterocycles. The second-order valence-corrected chi connectivity index (χ2v) is 15.7. The van der Waals surface area contributed by atoms with E-state index in [2.05, 4.69) is 18.6 Å². The number of halogens is 7. The molecule has 65 heavy (non-hydrogen) atoms. The van der Waals surface area contributed by atoms with Gasteiger partial charge in [-0.15, -0.1) is 11.6 Å². The molecule has 0 saturated carbocycles. The van der Waals surface area contributed by atoms with Crippen LogP contribution in [0.25, 0.3) is 0 Å². The molecule has 15 nitrogen and oxygen atoms in total. The molecule has 1 aliphatic heterocycles. The normalized spacial score (nSPS) is 14.1. The Hall–Kier alpha value is -5.11. The first-order valence-corrected chi connectivity index (χ1v) is 21.3. The van der Waals surface area contributed by atoms with Gasteiger partial charge in [0.1, 0.15) is 47.3 Å². The van der Waals surface area contributed by atoms with Crippen LogP contribution in [0.1, 0.15) is 73.5 Å². The molecule has 0 bridgehead atoms. The van der Waals surface area contributed by atoms with Crippen molar-refractivity contribution in [3.8, 4) is 11.5 Å². The molecule has 1 atom stereocenters. The number of hydrogen-bond acceptors (Lipinski definition) is 12. The van der Waals surface area contributed by atoms with Crippen molar-refractivity contribution in [1.29, 1.82) is 0 Å². The fourth-order valence-corrected chi connectivity index (χ4v) is 6.75. The van der Waals surface area contributed by atoms with E-state index in [1.165, 1.54) is 11.8 Å². The number of nitro groups is 1. The zero-order valence-electron chi connectivity index (χ0n) is 35.9. The van der Waals surface area contributed by atoms with E-state index in [9.17, 15) is 42.5 Å². The number of para-hydroxylation sites is 1. The summed E-state index contributed by atoms with van der Waals surface area (Å²) >= 11 is 22.7. The van der Waals surface area contributed by atoms with E-state index >= 15 is 0 Å². The largest absolute Gasteiger partial charge is 0.467 e. The Bertz CT molecular complexity index is 2240. The van der Waals surface area contributed by atoms with Crippen molar-refractivity contribution in [1.82, 2.24) is 4.90 Å². The summed E-state index contributed by atoms with van der Waals surface area (Å²) in [4.78, 5) is 59.6. The Morgan fingerprint density at radius 1 is 0.985 bits per heavy atom.